The molecule has 122 valence electrons. The molecule has 0 bridgehead atoms. The Kier molecular flexibility index (Phi) is 5.93. The van der Waals surface area contributed by atoms with Crippen LogP contribution in [0.25, 0.3) is 0 Å². The van der Waals surface area contributed by atoms with Crippen molar-refractivity contribution in [2.45, 2.75) is 33.6 Å². The lowest BCUT2D eigenvalue weighted by molar-refractivity contribution is 0.102. The van der Waals surface area contributed by atoms with Crippen LogP contribution in [0.4, 0.5) is 11.5 Å². The SMILES string of the molecule is CCCCNc1cc(C(=O)Nc2c(C)cc(C)cc2Cl)ncn1. The first-order chi connectivity index (χ1) is 11.0. The number of nitrogens with one attached hydrogen (secondary N) is 2. The van der Waals surface area contributed by atoms with E-state index in [4.69, 9.17) is 11.6 Å². The molecule has 0 aliphatic rings. The highest BCUT2D eigenvalue weighted by Crippen LogP contribution is 2.27. The Balaban J connectivity index is 2.13. The van der Waals surface area contributed by atoms with Crippen LogP contribution in [-0.4, -0.2) is 22.4 Å². The molecule has 0 aliphatic heterocycles. The van der Waals surface area contributed by atoms with Crippen molar-refractivity contribution in [3.8, 4) is 0 Å². The van der Waals surface area contributed by atoms with Gasteiger partial charge in [-0.05, 0) is 37.5 Å². The molecule has 1 amide bonds. The van der Waals surface area contributed by atoms with E-state index in [9.17, 15) is 4.79 Å². The number of carbonyl (C=O) groups is 1. The second-order valence-corrected chi connectivity index (χ2v) is 5.87. The Labute approximate surface area is 141 Å². The minimum atomic E-state index is -0.306. The molecule has 0 saturated heterocycles. The topological polar surface area (TPSA) is 66.9 Å². The van der Waals surface area contributed by atoms with Gasteiger partial charge in [-0.3, -0.25) is 4.79 Å². The first kappa shape index (κ1) is 17.2. The van der Waals surface area contributed by atoms with Crippen LogP contribution in [0.5, 0.6) is 0 Å². The molecule has 1 aromatic carbocycles. The first-order valence-electron chi connectivity index (χ1n) is 7.65. The molecule has 0 atom stereocenters. The van der Waals surface area contributed by atoms with Gasteiger partial charge in [-0.15, -0.1) is 0 Å². The molecular formula is C17H21ClN4O. The lowest BCUT2D eigenvalue weighted by Crippen LogP contribution is -2.16. The van der Waals surface area contributed by atoms with Crippen molar-refractivity contribution >= 4 is 29.0 Å². The van der Waals surface area contributed by atoms with Crippen LogP contribution < -0.4 is 10.6 Å². The fraction of sp³-hybridized carbons (Fsp3) is 0.353. The molecule has 2 N–H and O–H groups in total. The molecule has 0 spiro atoms. The first-order valence-corrected chi connectivity index (χ1v) is 8.03. The van der Waals surface area contributed by atoms with Gasteiger partial charge in [0.25, 0.3) is 5.91 Å². The normalized spacial score (nSPS) is 10.4. The Morgan fingerprint density at radius 3 is 2.70 bits per heavy atom. The highest BCUT2D eigenvalue weighted by atomic mass is 35.5. The van der Waals surface area contributed by atoms with Crippen LogP contribution >= 0.6 is 11.6 Å². The number of amides is 1. The number of rotatable bonds is 6. The third-order valence-corrected chi connectivity index (χ3v) is 3.70. The summed E-state index contributed by atoms with van der Waals surface area (Å²) < 4.78 is 0. The van der Waals surface area contributed by atoms with Gasteiger partial charge in [0, 0.05) is 12.6 Å². The summed E-state index contributed by atoms with van der Waals surface area (Å²) >= 11 is 6.22. The monoisotopic (exact) mass is 332 g/mol. The number of aryl methyl sites for hydroxylation is 2. The van der Waals surface area contributed by atoms with E-state index < -0.39 is 0 Å². The van der Waals surface area contributed by atoms with Gasteiger partial charge in [0.15, 0.2) is 0 Å². The highest BCUT2D eigenvalue weighted by molar-refractivity contribution is 6.34. The van der Waals surface area contributed by atoms with Crippen LogP contribution in [0.2, 0.25) is 5.02 Å². The number of halogens is 1. The van der Waals surface area contributed by atoms with Crippen LogP contribution in [0.3, 0.4) is 0 Å². The van der Waals surface area contributed by atoms with Gasteiger partial charge < -0.3 is 10.6 Å². The molecule has 0 fully saturated rings. The van der Waals surface area contributed by atoms with Gasteiger partial charge in [0.05, 0.1) is 10.7 Å². The minimum Gasteiger partial charge on any atom is -0.370 e. The summed E-state index contributed by atoms with van der Waals surface area (Å²) in [6.07, 6.45) is 3.52. The third kappa shape index (κ3) is 4.66. The summed E-state index contributed by atoms with van der Waals surface area (Å²) in [5, 5.41) is 6.52. The molecule has 0 aliphatic carbocycles. The molecule has 0 radical (unpaired) electrons. The molecule has 23 heavy (non-hydrogen) atoms. The molecule has 1 heterocycles. The summed E-state index contributed by atoms with van der Waals surface area (Å²) in [5.74, 6) is 0.338. The van der Waals surface area contributed by atoms with Crippen molar-refractivity contribution in [3.05, 3.63) is 46.4 Å². The number of nitrogens with zero attached hydrogens (tertiary/aromatic N) is 2. The van der Waals surface area contributed by atoms with E-state index in [1.807, 2.05) is 26.0 Å². The number of unbranched alkanes of at least 4 members (excludes halogenated alkanes) is 1. The Bertz CT molecular complexity index is 680. The van der Waals surface area contributed by atoms with Crippen molar-refractivity contribution in [2.24, 2.45) is 0 Å². The minimum absolute atomic E-state index is 0.301. The smallest absolute Gasteiger partial charge is 0.274 e. The van der Waals surface area contributed by atoms with Crippen molar-refractivity contribution in [2.75, 3.05) is 17.2 Å². The van der Waals surface area contributed by atoms with Gasteiger partial charge in [-0.2, -0.15) is 0 Å². The third-order valence-electron chi connectivity index (χ3n) is 3.41. The molecule has 2 aromatic rings. The molecule has 1 aromatic heterocycles. The molecule has 0 unspecified atom stereocenters. The number of carbonyl (C=O) groups excluding carboxylic acids is 1. The van der Waals surface area contributed by atoms with Crippen LogP contribution in [0.1, 0.15) is 41.4 Å². The maximum absolute atomic E-state index is 12.4. The van der Waals surface area contributed by atoms with E-state index in [-0.39, 0.29) is 5.91 Å². The number of anilines is 2. The predicted octanol–water partition coefficient (Wildman–Crippen LogP) is 4.21. The zero-order chi connectivity index (χ0) is 16.8. The Morgan fingerprint density at radius 1 is 1.22 bits per heavy atom. The second-order valence-electron chi connectivity index (χ2n) is 5.46. The van der Waals surface area contributed by atoms with Crippen molar-refractivity contribution in [1.82, 2.24) is 9.97 Å². The fourth-order valence-corrected chi connectivity index (χ4v) is 2.59. The molecule has 2 rings (SSSR count). The summed E-state index contributed by atoms with van der Waals surface area (Å²) in [6, 6.07) is 5.43. The maximum Gasteiger partial charge on any atom is 0.274 e. The van der Waals surface area contributed by atoms with Crippen LogP contribution in [0.15, 0.2) is 24.5 Å². The van der Waals surface area contributed by atoms with E-state index in [0.717, 1.165) is 30.5 Å². The standard InChI is InChI=1S/C17H21ClN4O/c1-4-5-6-19-15-9-14(20-10-21-15)17(23)22-16-12(3)7-11(2)8-13(16)18/h7-10H,4-6H2,1-3H3,(H,22,23)(H,19,20,21). The largest absolute Gasteiger partial charge is 0.370 e. The zero-order valence-corrected chi connectivity index (χ0v) is 14.4. The van der Waals surface area contributed by atoms with E-state index >= 15 is 0 Å². The van der Waals surface area contributed by atoms with E-state index in [0.29, 0.717) is 22.2 Å². The van der Waals surface area contributed by atoms with Crippen LogP contribution in [0, 0.1) is 13.8 Å². The summed E-state index contributed by atoms with van der Waals surface area (Å²) in [6.45, 7) is 6.81. The van der Waals surface area contributed by atoms with E-state index in [2.05, 4.69) is 27.5 Å². The number of hydrogen-bond acceptors (Lipinski definition) is 4. The summed E-state index contributed by atoms with van der Waals surface area (Å²) in [7, 11) is 0. The Hall–Kier alpha value is -2.14. The summed E-state index contributed by atoms with van der Waals surface area (Å²) in [5.41, 5.74) is 2.88. The van der Waals surface area contributed by atoms with E-state index in [1.165, 1.54) is 6.33 Å². The lowest BCUT2D eigenvalue weighted by atomic mass is 10.1. The van der Waals surface area contributed by atoms with Crippen LogP contribution in [-0.2, 0) is 0 Å². The quantitative estimate of drug-likeness (QED) is 0.777. The maximum atomic E-state index is 12.4. The van der Waals surface area contributed by atoms with Gasteiger partial charge >= 0.3 is 0 Å². The van der Waals surface area contributed by atoms with Crippen molar-refractivity contribution in [3.63, 3.8) is 0 Å². The average molecular weight is 333 g/mol. The molecular weight excluding hydrogens is 312 g/mol. The molecule has 6 heteroatoms. The lowest BCUT2D eigenvalue weighted by Gasteiger charge is -2.11. The van der Waals surface area contributed by atoms with Gasteiger partial charge in [-0.25, -0.2) is 9.97 Å². The number of benzene rings is 1. The number of aromatic nitrogens is 2. The van der Waals surface area contributed by atoms with E-state index in [1.54, 1.807) is 6.07 Å². The number of hydrogen-bond donors (Lipinski definition) is 2. The molecule has 5 nitrogen and oxygen atoms in total. The predicted molar refractivity (Wildman–Crippen MR) is 94.3 cm³/mol. The fourth-order valence-electron chi connectivity index (χ4n) is 2.22. The van der Waals surface area contributed by atoms with Crippen molar-refractivity contribution < 1.29 is 4.79 Å². The Morgan fingerprint density at radius 2 is 2.00 bits per heavy atom. The van der Waals surface area contributed by atoms with Gasteiger partial charge in [0.2, 0.25) is 0 Å². The van der Waals surface area contributed by atoms with Crippen molar-refractivity contribution in [1.29, 1.82) is 0 Å². The van der Waals surface area contributed by atoms with Gasteiger partial charge in [-0.1, -0.05) is 31.0 Å². The zero-order valence-electron chi connectivity index (χ0n) is 13.6. The highest BCUT2D eigenvalue weighted by Gasteiger charge is 2.13. The van der Waals surface area contributed by atoms with Gasteiger partial charge in [0.1, 0.15) is 17.8 Å². The molecule has 0 saturated carbocycles. The summed E-state index contributed by atoms with van der Waals surface area (Å²) in [4.78, 5) is 20.6. The average Bonchev–Trinajstić information content (AvgIpc) is 2.51. The second kappa shape index (κ2) is 7.92.